The van der Waals surface area contributed by atoms with Crippen molar-refractivity contribution < 1.29 is 4.42 Å². The number of anilines is 3. The number of para-hydroxylation sites is 2. The summed E-state index contributed by atoms with van der Waals surface area (Å²) >= 11 is 0. The van der Waals surface area contributed by atoms with Gasteiger partial charge in [-0.1, -0.05) is 153 Å². The summed E-state index contributed by atoms with van der Waals surface area (Å²) in [7, 11) is 0. The first-order chi connectivity index (χ1) is 27.0. The third-order valence-electron chi connectivity index (χ3n) is 11.8. The molecule has 55 heavy (non-hydrogen) atoms. The van der Waals surface area contributed by atoms with E-state index < -0.39 is 0 Å². The van der Waals surface area contributed by atoms with Gasteiger partial charge in [0, 0.05) is 27.4 Å². The fraction of sp³-hybridized carbons (Fsp3) is 0.0566. The maximum atomic E-state index is 6.69. The van der Waals surface area contributed by atoms with Gasteiger partial charge in [0.25, 0.3) is 0 Å². The minimum absolute atomic E-state index is 0.118. The molecule has 1 heterocycles. The van der Waals surface area contributed by atoms with Crippen LogP contribution in [-0.2, 0) is 5.41 Å². The zero-order valence-corrected chi connectivity index (χ0v) is 30.8. The Kier molecular flexibility index (Phi) is 6.93. The zero-order valence-electron chi connectivity index (χ0n) is 30.8. The van der Waals surface area contributed by atoms with Gasteiger partial charge in [-0.05, 0) is 109 Å². The van der Waals surface area contributed by atoms with Crippen LogP contribution in [0.2, 0.25) is 0 Å². The summed E-state index contributed by atoms with van der Waals surface area (Å²) in [5.74, 6) is 0. The van der Waals surface area contributed by atoms with Gasteiger partial charge in [-0.15, -0.1) is 0 Å². The average Bonchev–Trinajstić information content (AvgIpc) is 3.73. The molecular formula is C53H37NO. The zero-order chi connectivity index (χ0) is 36.7. The van der Waals surface area contributed by atoms with Crippen LogP contribution in [0.5, 0.6) is 0 Å². The van der Waals surface area contributed by atoms with Crippen molar-refractivity contribution in [3.05, 3.63) is 199 Å². The molecular weight excluding hydrogens is 667 g/mol. The lowest BCUT2D eigenvalue weighted by Crippen LogP contribution is -2.16. The Labute approximate surface area is 320 Å². The standard InChI is InChI=1S/C53H37NO/c1-53(2)46-16-7-5-14-45(46)51-47(53)17-10-18-48(51)54(49-19-9-15-44-43-13-6-8-20-50(43)55-52(44)49)42-29-27-35(28-30-42)38-24-22-36-23-26-40(33-41(36)32-38)39-25-21-34-11-3-4-12-37(34)31-39/h3-33H,1-2H3. The molecule has 0 N–H and O–H groups in total. The molecule has 0 unspecified atom stereocenters. The van der Waals surface area contributed by atoms with E-state index in [1.54, 1.807) is 0 Å². The fourth-order valence-corrected chi connectivity index (χ4v) is 9.02. The predicted molar refractivity (Wildman–Crippen MR) is 232 cm³/mol. The van der Waals surface area contributed by atoms with Crippen molar-refractivity contribution in [2.45, 2.75) is 19.3 Å². The largest absolute Gasteiger partial charge is 0.454 e. The minimum Gasteiger partial charge on any atom is -0.454 e. The number of nitrogens with zero attached hydrogens (tertiary/aromatic N) is 1. The monoisotopic (exact) mass is 703 g/mol. The molecule has 2 heteroatoms. The number of benzene rings is 9. The molecule has 1 aliphatic carbocycles. The van der Waals surface area contributed by atoms with Crippen LogP contribution in [-0.4, -0.2) is 0 Å². The van der Waals surface area contributed by atoms with E-state index in [1.165, 1.54) is 66.1 Å². The molecule has 11 rings (SSSR count). The number of hydrogen-bond acceptors (Lipinski definition) is 2. The number of hydrogen-bond donors (Lipinski definition) is 0. The molecule has 0 fully saturated rings. The first-order valence-corrected chi connectivity index (χ1v) is 19.1. The Hall–Kier alpha value is -6.90. The van der Waals surface area contributed by atoms with Gasteiger partial charge in [-0.3, -0.25) is 0 Å². The molecule has 0 saturated heterocycles. The number of furan rings is 1. The summed E-state index contributed by atoms with van der Waals surface area (Å²) in [6, 6.07) is 68.5. The van der Waals surface area contributed by atoms with Crippen LogP contribution < -0.4 is 4.90 Å². The van der Waals surface area contributed by atoms with Gasteiger partial charge >= 0.3 is 0 Å². The second-order valence-electron chi connectivity index (χ2n) is 15.3. The summed E-state index contributed by atoms with van der Waals surface area (Å²) in [6.07, 6.45) is 0. The van der Waals surface area contributed by atoms with Crippen molar-refractivity contribution in [3.8, 4) is 33.4 Å². The van der Waals surface area contributed by atoms with Crippen molar-refractivity contribution in [2.24, 2.45) is 0 Å². The highest BCUT2D eigenvalue weighted by Gasteiger charge is 2.38. The molecule has 0 atom stereocenters. The van der Waals surface area contributed by atoms with Crippen LogP contribution in [0.1, 0.15) is 25.0 Å². The minimum atomic E-state index is -0.118. The summed E-state index contributed by atoms with van der Waals surface area (Å²) in [6.45, 7) is 4.68. The maximum absolute atomic E-state index is 6.69. The Morgan fingerprint density at radius 2 is 0.982 bits per heavy atom. The van der Waals surface area contributed by atoms with E-state index in [-0.39, 0.29) is 5.41 Å². The van der Waals surface area contributed by atoms with Gasteiger partial charge in [0.2, 0.25) is 0 Å². The summed E-state index contributed by atoms with van der Waals surface area (Å²) < 4.78 is 6.69. The van der Waals surface area contributed by atoms with Crippen molar-refractivity contribution in [1.29, 1.82) is 0 Å². The van der Waals surface area contributed by atoms with Crippen molar-refractivity contribution >= 4 is 60.5 Å². The third-order valence-corrected chi connectivity index (χ3v) is 11.8. The van der Waals surface area contributed by atoms with Gasteiger partial charge in [0.1, 0.15) is 5.58 Å². The van der Waals surface area contributed by atoms with Crippen LogP contribution in [0.3, 0.4) is 0 Å². The molecule has 0 radical (unpaired) electrons. The molecule has 0 spiro atoms. The fourth-order valence-electron chi connectivity index (χ4n) is 9.02. The Bertz CT molecular complexity index is 3130. The summed E-state index contributed by atoms with van der Waals surface area (Å²) in [5.41, 5.74) is 15.0. The Balaban J connectivity index is 1.05. The lowest BCUT2D eigenvalue weighted by atomic mass is 9.82. The molecule has 0 bridgehead atoms. The van der Waals surface area contributed by atoms with Gasteiger partial charge in [0.05, 0.1) is 11.4 Å². The smallest absolute Gasteiger partial charge is 0.159 e. The number of fused-ring (bicyclic) bond motifs is 8. The van der Waals surface area contributed by atoms with E-state index in [4.69, 9.17) is 4.42 Å². The van der Waals surface area contributed by atoms with E-state index >= 15 is 0 Å². The van der Waals surface area contributed by atoms with Crippen LogP contribution in [0.4, 0.5) is 17.1 Å². The molecule has 1 aromatic heterocycles. The van der Waals surface area contributed by atoms with Crippen LogP contribution in [0.25, 0.3) is 76.9 Å². The molecule has 2 nitrogen and oxygen atoms in total. The Morgan fingerprint density at radius 1 is 0.418 bits per heavy atom. The molecule has 0 aliphatic heterocycles. The van der Waals surface area contributed by atoms with Crippen LogP contribution in [0, 0.1) is 0 Å². The van der Waals surface area contributed by atoms with E-state index in [2.05, 4.69) is 201 Å². The highest BCUT2D eigenvalue weighted by Crippen LogP contribution is 2.55. The van der Waals surface area contributed by atoms with Crippen LogP contribution in [0.15, 0.2) is 192 Å². The predicted octanol–water partition coefficient (Wildman–Crippen LogP) is 15.0. The van der Waals surface area contributed by atoms with Gasteiger partial charge in [-0.25, -0.2) is 0 Å². The van der Waals surface area contributed by atoms with E-state index in [9.17, 15) is 0 Å². The molecule has 10 aromatic rings. The molecule has 1 aliphatic rings. The third kappa shape index (κ3) is 4.95. The SMILES string of the molecule is CC1(C)c2ccccc2-c2c(N(c3ccc(-c4ccc5ccc(-c6ccc7ccccc7c6)cc5c4)cc3)c3cccc4c3oc3ccccc34)cccc21. The first kappa shape index (κ1) is 31.6. The topological polar surface area (TPSA) is 16.4 Å². The highest BCUT2D eigenvalue weighted by molar-refractivity contribution is 6.11. The quantitative estimate of drug-likeness (QED) is 0.177. The van der Waals surface area contributed by atoms with Crippen molar-refractivity contribution in [1.82, 2.24) is 0 Å². The van der Waals surface area contributed by atoms with Crippen molar-refractivity contribution in [2.75, 3.05) is 4.90 Å². The van der Waals surface area contributed by atoms with E-state index in [1.807, 2.05) is 6.07 Å². The van der Waals surface area contributed by atoms with E-state index in [0.717, 1.165) is 39.0 Å². The van der Waals surface area contributed by atoms with Crippen LogP contribution >= 0.6 is 0 Å². The lowest BCUT2D eigenvalue weighted by Gasteiger charge is -2.29. The number of rotatable bonds is 5. The average molecular weight is 704 g/mol. The lowest BCUT2D eigenvalue weighted by molar-refractivity contribution is 0.660. The van der Waals surface area contributed by atoms with Gasteiger partial charge in [-0.2, -0.15) is 0 Å². The maximum Gasteiger partial charge on any atom is 0.159 e. The normalized spacial score (nSPS) is 13.1. The molecule has 260 valence electrons. The molecule has 0 saturated carbocycles. The van der Waals surface area contributed by atoms with Gasteiger partial charge in [0.15, 0.2) is 5.58 Å². The summed E-state index contributed by atoms with van der Waals surface area (Å²) in [4.78, 5) is 2.40. The molecule has 0 amide bonds. The Morgan fingerprint density at radius 3 is 1.78 bits per heavy atom. The second-order valence-corrected chi connectivity index (χ2v) is 15.3. The van der Waals surface area contributed by atoms with Gasteiger partial charge < -0.3 is 9.32 Å². The van der Waals surface area contributed by atoms with Crippen molar-refractivity contribution in [3.63, 3.8) is 0 Å². The highest BCUT2D eigenvalue weighted by atomic mass is 16.3. The first-order valence-electron chi connectivity index (χ1n) is 19.1. The second kappa shape index (κ2) is 12.1. The van der Waals surface area contributed by atoms with E-state index in [0.29, 0.717) is 0 Å². The molecule has 9 aromatic carbocycles. The summed E-state index contributed by atoms with van der Waals surface area (Å²) in [5, 5.41) is 7.22.